The van der Waals surface area contributed by atoms with Crippen LogP contribution in [-0.2, 0) is 11.0 Å². The molecule has 2 aliphatic carbocycles. The highest BCUT2D eigenvalue weighted by atomic mass is 35.5. The number of H-pyrrole nitrogens is 1. The van der Waals surface area contributed by atoms with Crippen molar-refractivity contribution >= 4 is 22.5 Å². The van der Waals surface area contributed by atoms with E-state index in [0.29, 0.717) is 0 Å². The number of rotatable bonds is 2. The molecule has 0 spiro atoms. The molecule has 1 aromatic heterocycles. The van der Waals surface area contributed by atoms with Crippen molar-refractivity contribution in [3.63, 3.8) is 0 Å². The normalized spacial score (nSPS) is 39.2. The summed E-state index contributed by atoms with van der Waals surface area (Å²) in [7, 11) is 1.79. The second-order valence-corrected chi connectivity index (χ2v) is 8.99. The fourth-order valence-corrected chi connectivity index (χ4v) is 5.98. The quantitative estimate of drug-likeness (QED) is 0.586. The van der Waals surface area contributed by atoms with Crippen molar-refractivity contribution in [2.24, 2.45) is 11.3 Å². The first-order valence-corrected chi connectivity index (χ1v) is 9.36. The van der Waals surface area contributed by atoms with Crippen molar-refractivity contribution in [2.75, 3.05) is 7.05 Å². The summed E-state index contributed by atoms with van der Waals surface area (Å²) >= 11 is 6.86. The van der Waals surface area contributed by atoms with E-state index in [2.05, 4.69) is 55.9 Å². The zero-order valence-electron chi connectivity index (χ0n) is 15.3. The van der Waals surface area contributed by atoms with E-state index in [1.54, 1.807) is 7.05 Å². The molecule has 1 aromatic carbocycles. The van der Waals surface area contributed by atoms with Gasteiger partial charge in [0.25, 0.3) is 0 Å². The summed E-state index contributed by atoms with van der Waals surface area (Å²) in [5.41, 5.74) is 1.55. The molecule has 25 heavy (non-hydrogen) atoms. The van der Waals surface area contributed by atoms with Crippen molar-refractivity contribution < 1.29 is 5.11 Å². The molecule has 1 fully saturated rings. The summed E-state index contributed by atoms with van der Waals surface area (Å²) in [6.45, 7) is 10.5. The number of halogens is 1. The van der Waals surface area contributed by atoms with Gasteiger partial charge >= 0.3 is 0 Å². The Bertz CT molecular complexity index is 857. The lowest BCUT2D eigenvalue weighted by Crippen LogP contribution is -2.64. The minimum atomic E-state index is -1.07. The van der Waals surface area contributed by atoms with Gasteiger partial charge in [0.15, 0.2) is 0 Å². The molecule has 2 N–H and O–H groups in total. The molecule has 0 unspecified atom stereocenters. The molecule has 0 amide bonds. The van der Waals surface area contributed by atoms with Crippen molar-refractivity contribution in [3.8, 4) is 0 Å². The van der Waals surface area contributed by atoms with Gasteiger partial charge in [0.1, 0.15) is 0 Å². The van der Waals surface area contributed by atoms with E-state index in [-0.39, 0.29) is 22.8 Å². The van der Waals surface area contributed by atoms with Gasteiger partial charge < -0.3 is 15.4 Å². The Labute approximate surface area is 154 Å². The van der Waals surface area contributed by atoms with Crippen molar-refractivity contribution in [1.82, 2.24) is 4.98 Å². The summed E-state index contributed by atoms with van der Waals surface area (Å²) in [5.74, 6) is -0.0156. The van der Waals surface area contributed by atoms with Crippen molar-refractivity contribution in [2.45, 2.75) is 49.6 Å². The zero-order chi connectivity index (χ0) is 18.2. The summed E-state index contributed by atoms with van der Waals surface area (Å²) < 4.78 is 0. The van der Waals surface area contributed by atoms with Crippen LogP contribution in [0.1, 0.15) is 38.3 Å². The molecule has 4 heteroatoms. The standard InChI is InChI=1S/C21H26ClN2O/c1-6-20(4)16(22)10-15-19(2,3)12-8-7-9-14-17(12)13(11-24-14)21(15,25)18(20)23-5/h6-9,11,15-16,18,24-25H,1,10H2,2-5H3/q-1/t15-,16-,18+,20+,21+/m1/s1. The van der Waals surface area contributed by atoms with Crippen LogP contribution in [0.25, 0.3) is 16.2 Å². The highest BCUT2D eigenvalue weighted by molar-refractivity contribution is 6.21. The van der Waals surface area contributed by atoms with E-state index < -0.39 is 11.0 Å². The maximum Gasteiger partial charge on any atom is 0.0804 e. The highest BCUT2D eigenvalue weighted by Gasteiger charge is 2.61. The lowest BCUT2D eigenvalue weighted by atomic mass is 9.48. The van der Waals surface area contributed by atoms with Gasteiger partial charge in [0.2, 0.25) is 0 Å². The Hall–Kier alpha value is -1.29. The van der Waals surface area contributed by atoms with Crippen LogP contribution in [0.4, 0.5) is 0 Å². The van der Waals surface area contributed by atoms with Crippen LogP contribution >= 0.6 is 11.6 Å². The average Bonchev–Trinajstić information content (AvgIpc) is 3.02. The minimum Gasteiger partial charge on any atom is -0.659 e. The molecule has 2 aromatic rings. The molecular weight excluding hydrogens is 332 g/mol. The van der Waals surface area contributed by atoms with Crippen LogP contribution in [0, 0.1) is 11.3 Å². The van der Waals surface area contributed by atoms with Crippen molar-refractivity contribution in [3.05, 3.63) is 53.5 Å². The third-order valence-electron chi connectivity index (χ3n) is 7.06. The third kappa shape index (κ3) is 1.84. The molecule has 4 rings (SSSR count). The number of fused-ring (bicyclic) bond motifs is 2. The molecule has 0 aliphatic heterocycles. The van der Waals surface area contributed by atoms with E-state index in [9.17, 15) is 5.11 Å². The largest absolute Gasteiger partial charge is 0.659 e. The Morgan fingerprint density at radius 1 is 1.32 bits per heavy atom. The van der Waals surface area contributed by atoms with Gasteiger partial charge in [-0.15, -0.1) is 18.2 Å². The van der Waals surface area contributed by atoms with E-state index in [4.69, 9.17) is 11.6 Å². The highest BCUT2D eigenvalue weighted by Crippen LogP contribution is 2.63. The van der Waals surface area contributed by atoms with Gasteiger partial charge in [0.05, 0.1) is 5.60 Å². The number of aliphatic hydroxyl groups is 1. The van der Waals surface area contributed by atoms with E-state index in [1.165, 1.54) is 5.56 Å². The first kappa shape index (κ1) is 17.1. The molecule has 2 aliphatic rings. The second kappa shape index (κ2) is 5.12. The summed E-state index contributed by atoms with van der Waals surface area (Å²) in [6.07, 6.45) is 4.57. The van der Waals surface area contributed by atoms with E-state index in [1.807, 2.05) is 12.3 Å². The fourth-order valence-electron chi connectivity index (χ4n) is 5.60. The lowest BCUT2D eigenvalue weighted by Gasteiger charge is -2.65. The van der Waals surface area contributed by atoms with Crippen LogP contribution in [0.3, 0.4) is 0 Å². The predicted molar refractivity (Wildman–Crippen MR) is 104 cm³/mol. The van der Waals surface area contributed by atoms with Crippen LogP contribution in [0.5, 0.6) is 0 Å². The minimum absolute atomic E-state index is 0.0156. The molecular formula is C21H26ClN2O-. The molecule has 5 atom stereocenters. The predicted octanol–water partition coefficient (Wildman–Crippen LogP) is 4.84. The van der Waals surface area contributed by atoms with Crippen LogP contribution < -0.4 is 0 Å². The van der Waals surface area contributed by atoms with E-state index >= 15 is 0 Å². The van der Waals surface area contributed by atoms with Gasteiger partial charge in [-0.05, 0) is 28.9 Å². The Morgan fingerprint density at radius 2 is 2.04 bits per heavy atom. The number of hydrogen-bond acceptors (Lipinski definition) is 1. The Morgan fingerprint density at radius 3 is 2.68 bits per heavy atom. The van der Waals surface area contributed by atoms with Crippen molar-refractivity contribution in [1.29, 1.82) is 0 Å². The number of aromatic nitrogens is 1. The van der Waals surface area contributed by atoms with Gasteiger partial charge in [-0.1, -0.05) is 45.0 Å². The molecule has 0 bridgehead atoms. The number of benzene rings is 1. The van der Waals surface area contributed by atoms with Gasteiger partial charge in [-0.3, -0.25) is 0 Å². The monoisotopic (exact) mass is 357 g/mol. The third-order valence-corrected chi connectivity index (χ3v) is 7.70. The number of likely N-dealkylation sites (N-methyl/N-ethyl adjacent to an activating group) is 1. The molecule has 3 nitrogen and oxygen atoms in total. The van der Waals surface area contributed by atoms with E-state index in [0.717, 1.165) is 22.9 Å². The Kier molecular flexibility index (Phi) is 3.51. The molecule has 0 saturated heterocycles. The zero-order valence-corrected chi connectivity index (χ0v) is 16.1. The first-order chi connectivity index (χ1) is 11.7. The molecule has 134 valence electrons. The maximum atomic E-state index is 12.2. The molecule has 1 heterocycles. The number of hydrogen-bond donors (Lipinski definition) is 2. The second-order valence-electron chi connectivity index (χ2n) is 8.46. The van der Waals surface area contributed by atoms with Gasteiger partial charge in [0, 0.05) is 34.0 Å². The SMILES string of the molecule is C=C[C@@]1(C)[C@H](Cl)C[C@@H]2C(C)(C)c3cccc4[nH]cc(c34)[C@@]2(O)[C@H]1[N-]C. The van der Waals surface area contributed by atoms with Crippen LogP contribution in [-0.4, -0.2) is 28.6 Å². The number of alkyl halides is 1. The van der Waals surface area contributed by atoms with Crippen LogP contribution in [0.15, 0.2) is 37.1 Å². The molecule has 0 radical (unpaired) electrons. The smallest absolute Gasteiger partial charge is 0.0804 e. The summed E-state index contributed by atoms with van der Waals surface area (Å²) in [4.78, 5) is 3.36. The Balaban J connectivity index is 2.08. The first-order valence-electron chi connectivity index (χ1n) is 8.93. The lowest BCUT2D eigenvalue weighted by molar-refractivity contribution is -0.117. The summed E-state index contributed by atoms with van der Waals surface area (Å²) in [5, 5.41) is 17.9. The number of nitrogens with zero attached hydrogens (tertiary/aromatic N) is 1. The van der Waals surface area contributed by atoms with Gasteiger partial charge in [-0.25, -0.2) is 0 Å². The average molecular weight is 358 g/mol. The number of nitrogens with one attached hydrogen (secondary N) is 1. The maximum absolute atomic E-state index is 12.2. The van der Waals surface area contributed by atoms with Gasteiger partial charge in [-0.2, -0.15) is 7.05 Å². The van der Waals surface area contributed by atoms with Crippen LogP contribution in [0.2, 0.25) is 0 Å². The number of aromatic amines is 1. The molecule has 1 saturated carbocycles. The summed E-state index contributed by atoms with van der Waals surface area (Å²) in [6, 6.07) is 5.99. The fraction of sp³-hybridized carbons (Fsp3) is 0.524. The topological polar surface area (TPSA) is 50.1 Å².